The van der Waals surface area contributed by atoms with Crippen LogP contribution < -0.4 is 16.4 Å². The minimum atomic E-state index is -0.481. The molecule has 4 heterocycles. The van der Waals surface area contributed by atoms with Gasteiger partial charge >= 0.3 is 0 Å². The summed E-state index contributed by atoms with van der Waals surface area (Å²) in [6.45, 7) is 0. The molecule has 5 rings (SSSR count). The number of anilines is 3. The van der Waals surface area contributed by atoms with Crippen LogP contribution in [0.4, 0.5) is 21.8 Å². The number of nitrogens with one attached hydrogen (secondary N) is 2. The fourth-order valence-corrected chi connectivity index (χ4v) is 3.85. The van der Waals surface area contributed by atoms with E-state index in [1.165, 1.54) is 6.07 Å². The van der Waals surface area contributed by atoms with Crippen LogP contribution in [0.3, 0.4) is 0 Å². The van der Waals surface area contributed by atoms with Crippen molar-refractivity contribution in [3.8, 4) is 11.3 Å². The number of hydrogen-bond acceptors (Lipinski definition) is 7. The fraction of sp³-hybridized carbons (Fsp3) is 0.273. The number of aromatic nitrogens is 5. The van der Waals surface area contributed by atoms with Gasteiger partial charge in [-0.15, -0.1) is 5.10 Å². The molecule has 0 aromatic carbocycles. The third-order valence-electron chi connectivity index (χ3n) is 5.53. The number of nitrogens with two attached hydrogens (primary N) is 1. The van der Waals surface area contributed by atoms with E-state index in [0.29, 0.717) is 34.8 Å². The van der Waals surface area contributed by atoms with Crippen molar-refractivity contribution < 1.29 is 4.39 Å². The highest BCUT2D eigenvalue weighted by atomic mass is 19.1. The van der Waals surface area contributed by atoms with Gasteiger partial charge in [0.15, 0.2) is 17.3 Å². The molecule has 1 fully saturated rings. The summed E-state index contributed by atoms with van der Waals surface area (Å²) in [5.41, 5.74) is 7.94. The summed E-state index contributed by atoms with van der Waals surface area (Å²) >= 11 is 0. The van der Waals surface area contributed by atoms with Gasteiger partial charge in [-0.1, -0.05) is 6.07 Å². The Hall–Kier alpha value is -3.59. The van der Waals surface area contributed by atoms with Crippen LogP contribution in [-0.4, -0.2) is 36.6 Å². The molecule has 31 heavy (non-hydrogen) atoms. The zero-order valence-electron chi connectivity index (χ0n) is 16.9. The molecule has 0 aliphatic heterocycles. The lowest BCUT2D eigenvalue weighted by Gasteiger charge is -2.27. The second-order valence-corrected chi connectivity index (χ2v) is 7.78. The van der Waals surface area contributed by atoms with Crippen molar-refractivity contribution >= 4 is 23.1 Å². The van der Waals surface area contributed by atoms with Crippen molar-refractivity contribution in [2.45, 2.75) is 37.8 Å². The Morgan fingerprint density at radius 3 is 2.61 bits per heavy atom. The third kappa shape index (κ3) is 4.17. The monoisotopic (exact) mass is 418 g/mol. The molecular formula is C22H23FN8. The van der Waals surface area contributed by atoms with Crippen LogP contribution in [0.15, 0.2) is 55.0 Å². The number of pyridine rings is 2. The molecule has 9 heteroatoms. The van der Waals surface area contributed by atoms with Gasteiger partial charge in [-0.25, -0.2) is 23.9 Å². The Morgan fingerprint density at radius 2 is 1.84 bits per heavy atom. The Balaban J connectivity index is 1.40. The van der Waals surface area contributed by atoms with Crippen molar-refractivity contribution in [3.63, 3.8) is 0 Å². The van der Waals surface area contributed by atoms with E-state index >= 15 is 0 Å². The average molecular weight is 418 g/mol. The maximum Gasteiger partial charge on any atom is 0.167 e. The van der Waals surface area contributed by atoms with E-state index in [-0.39, 0.29) is 5.82 Å². The van der Waals surface area contributed by atoms with Crippen LogP contribution in [0.25, 0.3) is 16.9 Å². The molecule has 1 saturated carbocycles. The lowest BCUT2D eigenvalue weighted by molar-refractivity contribution is 0.410. The fourth-order valence-electron chi connectivity index (χ4n) is 3.85. The van der Waals surface area contributed by atoms with Crippen molar-refractivity contribution in [3.05, 3.63) is 60.8 Å². The number of halogens is 1. The number of rotatable bonds is 5. The first-order valence-corrected chi connectivity index (χ1v) is 10.4. The summed E-state index contributed by atoms with van der Waals surface area (Å²) < 4.78 is 16.4. The standard InChI is InChI=1S/C22H23FN8/c23-17-11-14(12-27-22(17)29-19-3-1-2-10-25-19)18-13-26-21-9-8-20(30-31(18)21)28-16-6-4-15(24)5-7-16/h1-3,8-13,15-16H,4-7,24H2,(H,28,30)(H,25,27,29). The second kappa shape index (κ2) is 8.27. The van der Waals surface area contributed by atoms with Gasteiger partial charge in [-0.2, -0.15) is 0 Å². The lowest BCUT2D eigenvalue weighted by Crippen LogP contribution is -2.33. The van der Waals surface area contributed by atoms with E-state index in [4.69, 9.17) is 5.73 Å². The highest BCUT2D eigenvalue weighted by molar-refractivity contribution is 5.65. The highest BCUT2D eigenvalue weighted by Gasteiger charge is 2.19. The summed E-state index contributed by atoms with van der Waals surface area (Å²) in [6.07, 6.45) is 8.98. The largest absolute Gasteiger partial charge is 0.366 e. The normalized spacial score (nSPS) is 18.8. The smallest absolute Gasteiger partial charge is 0.167 e. The Morgan fingerprint density at radius 1 is 0.968 bits per heavy atom. The molecule has 1 aliphatic rings. The summed E-state index contributed by atoms with van der Waals surface area (Å²) in [5, 5.41) is 11.1. The summed E-state index contributed by atoms with van der Waals surface area (Å²) in [5.74, 6) is 0.916. The summed E-state index contributed by atoms with van der Waals surface area (Å²) in [7, 11) is 0. The van der Waals surface area contributed by atoms with Gasteiger partial charge < -0.3 is 16.4 Å². The predicted molar refractivity (Wildman–Crippen MR) is 118 cm³/mol. The molecule has 0 radical (unpaired) electrons. The molecule has 0 bridgehead atoms. The molecule has 158 valence electrons. The first-order valence-electron chi connectivity index (χ1n) is 10.4. The van der Waals surface area contributed by atoms with Gasteiger partial charge in [0, 0.05) is 30.0 Å². The number of imidazole rings is 1. The lowest BCUT2D eigenvalue weighted by atomic mass is 9.92. The summed E-state index contributed by atoms with van der Waals surface area (Å²) in [6, 6.07) is 11.2. The minimum absolute atomic E-state index is 0.113. The van der Waals surface area contributed by atoms with E-state index in [0.717, 1.165) is 31.5 Å². The molecule has 0 amide bonds. The first kappa shape index (κ1) is 19.4. The molecule has 4 aromatic rings. The van der Waals surface area contributed by atoms with E-state index in [2.05, 4.69) is 30.7 Å². The topological polar surface area (TPSA) is 106 Å². The Labute approximate surface area is 178 Å². The number of hydrogen-bond donors (Lipinski definition) is 3. The summed E-state index contributed by atoms with van der Waals surface area (Å²) in [4.78, 5) is 12.8. The molecule has 8 nitrogen and oxygen atoms in total. The maximum absolute atomic E-state index is 14.7. The Bertz CT molecular complexity index is 1180. The van der Waals surface area contributed by atoms with Gasteiger partial charge in [0.25, 0.3) is 0 Å². The van der Waals surface area contributed by atoms with Gasteiger partial charge in [0.05, 0.1) is 11.9 Å². The number of nitrogens with zero attached hydrogens (tertiary/aromatic N) is 5. The molecule has 0 unspecified atom stereocenters. The SMILES string of the molecule is NC1CCC(Nc2ccc3ncc(-c4cnc(Nc5ccccn5)c(F)c4)n3n2)CC1. The van der Waals surface area contributed by atoms with Gasteiger partial charge in [-0.3, -0.25) is 0 Å². The van der Waals surface area contributed by atoms with Crippen molar-refractivity contribution in [1.29, 1.82) is 0 Å². The molecule has 4 aromatic heterocycles. The quantitative estimate of drug-likeness (QED) is 0.453. The maximum atomic E-state index is 14.7. The minimum Gasteiger partial charge on any atom is -0.366 e. The predicted octanol–water partition coefficient (Wildman–Crippen LogP) is 3.75. The van der Waals surface area contributed by atoms with Crippen molar-refractivity contribution in [2.24, 2.45) is 5.73 Å². The molecule has 1 aliphatic carbocycles. The van der Waals surface area contributed by atoms with Gasteiger partial charge in [0.1, 0.15) is 11.6 Å². The van der Waals surface area contributed by atoms with E-state index in [1.807, 2.05) is 18.2 Å². The van der Waals surface area contributed by atoms with Crippen LogP contribution in [0.1, 0.15) is 25.7 Å². The van der Waals surface area contributed by atoms with Gasteiger partial charge in [-0.05, 0) is 56.0 Å². The number of fused-ring (bicyclic) bond motifs is 1. The van der Waals surface area contributed by atoms with Crippen molar-refractivity contribution in [1.82, 2.24) is 24.6 Å². The zero-order valence-corrected chi connectivity index (χ0v) is 16.9. The van der Waals surface area contributed by atoms with Crippen LogP contribution in [-0.2, 0) is 0 Å². The van der Waals surface area contributed by atoms with E-state index in [9.17, 15) is 4.39 Å². The van der Waals surface area contributed by atoms with Crippen LogP contribution in [0.5, 0.6) is 0 Å². The van der Waals surface area contributed by atoms with E-state index in [1.54, 1.807) is 35.2 Å². The Kier molecular flexibility index (Phi) is 5.17. The third-order valence-corrected chi connectivity index (χ3v) is 5.53. The van der Waals surface area contributed by atoms with Gasteiger partial charge in [0.2, 0.25) is 0 Å². The molecule has 0 atom stereocenters. The molecule has 4 N–H and O–H groups in total. The molecular weight excluding hydrogens is 395 g/mol. The molecule has 0 spiro atoms. The average Bonchev–Trinajstić information content (AvgIpc) is 3.21. The van der Waals surface area contributed by atoms with Crippen molar-refractivity contribution in [2.75, 3.05) is 10.6 Å². The van der Waals surface area contributed by atoms with Crippen LogP contribution >= 0.6 is 0 Å². The van der Waals surface area contributed by atoms with Crippen LogP contribution in [0.2, 0.25) is 0 Å². The zero-order chi connectivity index (χ0) is 21.2. The van der Waals surface area contributed by atoms with Crippen LogP contribution in [0, 0.1) is 5.82 Å². The molecule has 0 saturated heterocycles. The van der Waals surface area contributed by atoms with E-state index < -0.39 is 5.82 Å². The second-order valence-electron chi connectivity index (χ2n) is 7.78. The first-order chi connectivity index (χ1) is 15.2. The highest BCUT2D eigenvalue weighted by Crippen LogP contribution is 2.25.